The second-order valence-corrected chi connectivity index (χ2v) is 7.20. The van der Waals surface area contributed by atoms with Crippen LogP contribution < -0.4 is 15.6 Å². The van der Waals surface area contributed by atoms with Gasteiger partial charge in [0.1, 0.15) is 11.9 Å². The Labute approximate surface area is 177 Å². The third-order valence-corrected chi connectivity index (χ3v) is 4.75. The van der Waals surface area contributed by atoms with Crippen molar-refractivity contribution in [2.24, 2.45) is 11.0 Å². The fraction of sp³-hybridized carbons (Fsp3) is 0.348. The number of hydrogen-bond donors (Lipinski definition) is 2. The Balaban J connectivity index is 1.97. The SMILES string of the molecule is CCN(CC)c1ccc(/C=N/NC(=O)C(NC(=O)c2ccc(F)cc2)C(C)C)cc1. The number of carbonyl (C=O) groups is 2. The van der Waals surface area contributed by atoms with E-state index in [9.17, 15) is 14.0 Å². The number of nitrogens with one attached hydrogen (secondary N) is 2. The lowest BCUT2D eigenvalue weighted by Crippen LogP contribution is -2.48. The van der Waals surface area contributed by atoms with Gasteiger partial charge >= 0.3 is 0 Å². The van der Waals surface area contributed by atoms with Crippen molar-refractivity contribution in [3.8, 4) is 0 Å². The van der Waals surface area contributed by atoms with Crippen LogP contribution in [0.2, 0.25) is 0 Å². The number of anilines is 1. The van der Waals surface area contributed by atoms with Crippen LogP contribution in [0, 0.1) is 11.7 Å². The smallest absolute Gasteiger partial charge is 0.262 e. The second-order valence-electron chi connectivity index (χ2n) is 7.20. The monoisotopic (exact) mass is 412 g/mol. The van der Waals surface area contributed by atoms with Gasteiger partial charge in [-0.25, -0.2) is 9.82 Å². The van der Waals surface area contributed by atoms with Crippen molar-refractivity contribution in [2.45, 2.75) is 33.7 Å². The number of halogens is 1. The van der Waals surface area contributed by atoms with Gasteiger partial charge < -0.3 is 10.2 Å². The first-order valence-corrected chi connectivity index (χ1v) is 10.1. The van der Waals surface area contributed by atoms with E-state index in [2.05, 4.69) is 34.6 Å². The molecule has 0 spiro atoms. The minimum absolute atomic E-state index is 0.155. The topological polar surface area (TPSA) is 73.8 Å². The molecule has 0 aromatic heterocycles. The maximum atomic E-state index is 13.0. The van der Waals surface area contributed by atoms with E-state index < -0.39 is 23.7 Å². The summed E-state index contributed by atoms with van der Waals surface area (Å²) in [5, 5.41) is 6.69. The zero-order valence-electron chi connectivity index (χ0n) is 17.9. The molecule has 2 amide bonds. The summed E-state index contributed by atoms with van der Waals surface area (Å²) in [6.07, 6.45) is 1.56. The molecular formula is C23H29FN4O2. The van der Waals surface area contributed by atoms with Crippen molar-refractivity contribution in [2.75, 3.05) is 18.0 Å². The first-order valence-electron chi connectivity index (χ1n) is 10.1. The van der Waals surface area contributed by atoms with Crippen LogP contribution in [0.25, 0.3) is 0 Å². The molecule has 0 aliphatic rings. The Hall–Kier alpha value is -3.22. The van der Waals surface area contributed by atoms with Crippen LogP contribution in [0.1, 0.15) is 43.6 Å². The summed E-state index contributed by atoms with van der Waals surface area (Å²) in [5.41, 5.74) is 4.75. The van der Waals surface area contributed by atoms with Gasteiger partial charge in [0.25, 0.3) is 11.8 Å². The molecule has 7 heteroatoms. The largest absolute Gasteiger partial charge is 0.372 e. The summed E-state index contributed by atoms with van der Waals surface area (Å²) < 4.78 is 13.0. The molecule has 6 nitrogen and oxygen atoms in total. The molecule has 0 saturated heterocycles. The fourth-order valence-electron chi connectivity index (χ4n) is 2.96. The summed E-state index contributed by atoms with van der Waals surface area (Å²) >= 11 is 0. The van der Waals surface area contributed by atoms with Crippen molar-refractivity contribution in [3.05, 3.63) is 65.5 Å². The Morgan fingerprint density at radius 2 is 1.63 bits per heavy atom. The molecule has 0 heterocycles. The van der Waals surface area contributed by atoms with Gasteiger partial charge in [-0.3, -0.25) is 9.59 Å². The van der Waals surface area contributed by atoms with Gasteiger partial charge in [0, 0.05) is 24.3 Å². The number of benzene rings is 2. The molecule has 0 aliphatic carbocycles. The zero-order chi connectivity index (χ0) is 22.1. The Bertz CT molecular complexity index is 860. The lowest BCUT2D eigenvalue weighted by molar-refractivity contribution is -0.123. The molecule has 2 rings (SSSR count). The van der Waals surface area contributed by atoms with Gasteiger partial charge in [0.2, 0.25) is 0 Å². The third-order valence-electron chi connectivity index (χ3n) is 4.75. The van der Waals surface area contributed by atoms with Crippen LogP contribution in [0.4, 0.5) is 10.1 Å². The van der Waals surface area contributed by atoms with E-state index >= 15 is 0 Å². The van der Waals surface area contributed by atoms with Crippen molar-refractivity contribution in [3.63, 3.8) is 0 Å². The van der Waals surface area contributed by atoms with E-state index in [0.29, 0.717) is 0 Å². The minimum atomic E-state index is -0.773. The summed E-state index contributed by atoms with van der Waals surface area (Å²) in [6.45, 7) is 9.72. The number of hydrogen-bond acceptors (Lipinski definition) is 4. The fourth-order valence-corrected chi connectivity index (χ4v) is 2.96. The Morgan fingerprint density at radius 1 is 1.03 bits per heavy atom. The van der Waals surface area contributed by atoms with E-state index in [1.165, 1.54) is 24.3 Å². The van der Waals surface area contributed by atoms with Crippen LogP contribution in [0.15, 0.2) is 53.6 Å². The van der Waals surface area contributed by atoms with Crippen LogP contribution >= 0.6 is 0 Å². The number of nitrogens with zero attached hydrogens (tertiary/aromatic N) is 2. The highest BCUT2D eigenvalue weighted by molar-refractivity contribution is 5.97. The van der Waals surface area contributed by atoms with Gasteiger partial charge in [-0.15, -0.1) is 0 Å². The maximum absolute atomic E-state index is 13.0. The molecule has 160 valence electrons. The molecule has 1 unspecified atom stereocenters. The summed E-state index contributed by atoms with van der Waals surface area (Å²) in [5.74, 6) is -1.45. The summed E-state index contributed by atoms with van der Waals surface area (Å²) in [7, 11) is 0. The molecule has 2 aromatic carbocycles. The molecule has 0 aliphatic heterocycles. The predicted molar refractivity (Wildman–Crippen MR) is 118 cm³/mol. The van der Waals surface area contributed by atoms with Crippen LogP contribution in [0.3, 0.4) is 0 Å². The molecule has 0 fully saturated rings. The van der Waals surface area contributed by atoms with Crippen LogP contribution in [-0.2, 0) is 4.79 Å². The molecule has 2 N–H and O–H groups in total. The highest BCUT2D eigenvalue weighted by atomic mass is 19.1. The van der Waals surface area contributed by atoms with Gasteiger partial charge in [0.15, 0.2) is 0 Å². The highest BCUT2D eigenvalue weighted by Crippen LogP contribution is 2.14. The van der Waals surface area contributed by atoms with E-state index in [-0.39, 0.29) is 11.5 Å². The predicted octanol–water partition coefficient (Wildman–Crippen LogP) is 3.58. The lowest BCUT2D eigenvalue weighted by Gasteiger charge is -2.21. The maximum Gasteiger partial charge on any atom is 0.262 e. The standard InChI is InChI=1S/C23H29FN4O2/c1-5-28(6-2)20-13-7-17(8-14-20)15-25-27-23(30)21(16(3)4)26-22(29)18-9-11-19(24)12-10-18/h7-16,21H,5-6H2,1-4H3,(H,26,29)(H,27,30)/b25-15+. The first-order chi connectivity index (χ1) is 14.3. The second kappa shape index (κ2) is 11.1. The average Bonchev–Trinajstić information content (AvgIpc) is 2.74. The first kappa shape index (κ1) is 23.1. The van der Waals surface area contributed by atoms with Crippen molar-refractivity contribution >= 4 is 23.7 Å². The van der Waals surface area contributed by atoms with E-state index in [0.717, 1.165) is 24.3 Å². The lowest BCUT2D eigenvalue weighted by atomic mass is 10.0. The van der Waals surface area contributed by atoms with Gasteiger partial charge in [-0.1, -0.05) is 26.0 Å². The molecule has 1 atom stereocenters. The van der Waals surface area contributed by atoms with Crippen LogP contribution in [-0.4, -0.2) is 37.2 Å². The van der Waals surface area contributed by atoms with Crippen molar-refractivity contribution in [1.82, 2.24) is 10.7 Å². The molecule has 0 radical (unpaired) electrons. The normalized spacial score (nSPS) is 12.1. The Morgan fingerprint density at radius 3 is 2.17 bits per heavy atom. The number of carbonyl (C=O) groups excluding carboxylic acids is 2. The van der Waals surface area contributed by atoms with E-state index in [1.54, 1.807) is 6.21 Å². The third kappa shape index (κ3) is 6.40. The number of amides is 2. The van der Waals surface area contributed by atoms with E-state index in [1.807, 2.05) is 38.1 Å². The van der Waals surface area contributed by atoms with Crippen molar-refractivity contribution in [1.29, 1.82) is 0 Å². The van der Waals surface area contributed by atoms with Gasteiger partial charge in [0.05, 0.1) is 6.21 Å². The average molecular weight is 413 g/mol. The van der Waals surface area contributed by atoms with Gasteiger partial charge in [-0.2, -0.15) is 5.10 Å². The minimum Gasteiger partial charge on any atom is -0.372 e. The van der Waals surface area contributed by atoms with Crippen molar-refractivity contribution < 1.29 is 14.0 Å². The van der Waals surface area contributed by atoms with Gasteiger partial charge in [-0.05, 0) is 61.7 Å². The Kier molecular flexibility index (Phi) is 8.53. The molecular weight excluding hydrogens is 383 g/mol. The number of hydrazone groups is 1. The quantitative estimate of drug-likeness (QED) is 0.488. The molecule has 0 saturated carbocycles. The number of rotatable bonds is 9. The molecule has 30 heavy (non-hydrogen) atoms. The van der Waals surface area contributed by atoms with E-state index in [4.69, 9.17) is 0 Å². The highest BCUT2D eigenvalue weighted by Gasteiger charge is 2.24. The van der Waals surface area contributed by atoms with Crippen LogP contribution in [0.5, 0.6) is 0 Å². The molecule has 0 bridgehead atoms. The summed E-state index contributed by atoms with van der Waals surface area (Å²) in [6, 6.07) is 12.3. The molecule has 2 aromatic rings. The zero-order valence-corrected chi connectivity index (χ0v) is 17.9. The summed E-state index contributed by atoms with van der Waals surface area (Å²) in [4.78, 5) is 27.1.